The van der Waals surface area contributed by atoms with Gasteiger partial charge < -0.3 is 76.0 Å². The molecule has 3 heterocycles. The molecule has 0 aromatic heterocycles. The van der Waals surface area contributed by atoms with Crippen molar-refractivity contribution in [2.75, 3.05) is 19.8 Å². The Morgan fingerprint density at radius 1 is 0.647 bits per heavy atom. The Morgan fingerprint density at radius 3 is 1.82 bits per heavy atom. The normalized spacial score (nSPS) is 52.5. The maximum Gasteiger partial charge on any atom is 0.187 e. The summed E-state index contributed by atoms with van der Waals surface area (Å²) >= 11 is 0. The fraction of sp³-hybridized carbons (Fsp3) is 1.00. The zero-order valence-electron chi connectivity index (χ0n) is 18.6. The summed E-state index contributed by atoms with van der Waals surface area (Å²) in [4.78, 5) is 0. The molecule has 15 atom stereocenters. The molecular weight excluding hydrogens is 464 g/mol. The van der Waals surface area contributed by atoms with Gasteiger partial charge in [-0.05, 0) is 6.92 Å². The lowest BCUT2D eigenvalue weighted by Gasteiger charge is -2.47. The van der Waals surface area contributed by atoms with Crippen LogP contribution in [-0.2, 0) is 23.7 Å². The number of rotatable bonds is 7. The summed E-state index contributed by atoms with van der Waals surface area (Å²) in [6.45, 7) is -0.0158. The van der Waals surface area contributed by atoms with E-state index < -0.39 is 105 Å². The third-order valence-corrected chi connectivity index (χ3v) is 6.52. The van der Waals surface area contributed by atoms with E-state index in [0.717, 1.165) is 0 Å². The molecule has 0 amide bonds. The second-order valence-corrected chi connectivity index (χ2v) is 8.86. The fourth-order valence-corrected chi connectivity index (χ4v) is 4.24. The average molecular weight is 500 g/mol. The highest BCUT2D eigenvalue weighted by molar-refractivity contribution is 4.97. The van der Waals surface area contributed by atoms with Gasteiger partial charge in [-0.1, -0.05) is 0 Å². The standard InChI is InChI=1S/C19H36N2O13/c1-5-9(20)14(27)12(25)8(31-5)4-30-18-10(21)17(13(26)7(3-23)32-18)34-19-16(29)15(28)11(24)6(2-22)33-19/h5-19,22-29H,2-4,20-21H2,1H3/t5-,6?,7?,8?,9?,10?,11-,12-,13-,14-,15+,16?,17-,18-,19-/m1/s1. The molecule has 3 saturated heterocycles. The summed E-state index contributed by atoms with van der Waals surface area (Å²) in [6.07, 6.45) is -17.5. The van der Waals surface area contributed by atoms with Crippen LogP contribution < -0.4 is 11.5 Å². The third-order valence-electron chi connectivity index (χ3n) is 6.52. The van der Waals surface area contributed by atoms with Crippen molar-refractivity contribution in [3.05, 3.63) is 0 Å². The van der Waals surface area contributed by atoms with Gasteiger partial charge >= 0.3 is 0 Å². The summed E-state index contributed by atoms with van der Waals surface area (Å²) in [6, 6.07) is -2.03. The number of hydrogen-bond donors (Lipinski definition) is 10. The van der Waals surface area contributed by atoms with Crippen LogP contribution in [0.25, 0.3) is 0 Å². The highest BCUT2D eigenvalue weighted by Crippen LogP contribution is 2.29. The lowest BCUT2D eigenvalue weighted by Crippen LogP contribution is -2.67. The smallest absolute Gasteiger partial charge is 0.187 e. The Hall–Kier alpha value is -0.600. The number of aliphatic hydroxyl groups is 8. The minimum Gasteiger partial charge on any atom is -0.394 e. The second kappa shape index (κ2) is 11.6. The highest BCUT2D eigenvalue weighted by Gasteiger charge is 2.51. The van der Waals surface area contributed by atoms with E-state index in [2.05, 4.69) is 0 Å². The molecule has 3 aliphatic rings. The van der Waals surface area contributed by atoms with Gasteiger partial charge in [0.25, 0.3) is 0 Å². The minimum atomic E-state index is -1.75. The van der Waals surface area contributed by atoms with E-state index in [9.17, 15) is 40.9 Å². The van der Waals surface area contributed by atoms with Crippen LogP contribution in [0.3, 0.4) is 0 Å². The lowest BCUT2D eigenvalue weighted by atomic mass is 9.94. The largest absolute Gasteiger partial charge is 0.394 e. The van der Waals surface area contributed by atoms with Crippen molar-refractivity contribution in [3.8, 4) is 0 Å². The van der Waals surface area contributed by atoms with Crippen molar-refractivity contribution in [3.63, 3.8) is 0 Å². The predicted octanol–water partition coefficient (Wildman–Crippen LogP) is -6.57. The van der Waals surface area contributed by atoms with Crippen molar-refractivity contribution in [2.24, 2.45) is 11.5 Å². The van der Waals surface area contributed by atoms with Crippen LogP contribution in [-0.4, -0.2) is 152 Å². The van der Waals surface area contributed by atoms with Crippen molar-refractivity contribution < 1.29 is 64.5 Å². The van der Waals surface area contributed by atoms with E-state index in [-0.39, 0.29) is 6.61 Å². The van der Waals surface area contributed by atoms with Crippen LogP contribution in [0.5, 0.6) is 0 Å². The average Bonchev–Trinajstić information content (AvgIpc) is 2.82. The van der Waals surface area contributed by atoms with Gasteiger partial charge in [0.1, 0.15) is 61.0 Å². The predicted molar refractivity (Wildman–Crippen MR) is 109 cm³/mol. The molecule has 0 aromatic rings. The molecule has 6 unspecified atom stereocenters. The molecule has 0 bridgehead atoms. The van der Waals surface area contributed by atoms with Gasteiger partial charge in [-0.25, -0.2) is 0 Å². The zero-order chi connectivity index (χ0) is 25.3. The van der Waals surface area contributed by atoms with Crippen molar-refractivity contribution in [1.82, 2.24) is 0 Å². The first kappa shape index (κ1) is 28.0. The van der Waals surface area contributed by atoms with Gasteiger partial charge in [0.05, 0.1) is 38.0 Å². The molecule has 0 aromatic carbocycles. The molecule has 3 fully saturated rings. The number of aliphatic hydroxyl groups excluding tert-OH is 8. The Morgan fingerprint density at radius 2 is 1.21 bits per heavy atom. The Labute approximate surface area is 195 Å². The van der Waals surface area contributed by atoms with E-state index in [1.807, 2.05) is 0 Å². The van der Waals surface area contributed by atoms with Crippen molar-refractivity contribution >= 4 is 0 Å². The monoisotopic (exact) mass is 500 g/mol. The molecule has 0 radical (unpaired) electrons. The molecule has 0 spiro atoms. The van der Waals surface area contributed by atoms with Crippen LogP contribution >= 0.6 is 0 Å². The van der Waals surface area contributed by atoms with Gasteiger partial charge in [0.2, 0.25) is 0 Å². The molecule has 12 N–H and O–H groups in total. The summed E-state index contributed by atoms with van der Waals surface area (Å²) in [7, 11) is 0. The summed E-state index contributed by atoms with van der Waals surface area (Å²) in [5.74, 6) is 0. The minimum absolute atomic E-state index is 0.297. The first-order valence-corrected chi connectivity index (χ1v) is 11.1. The Bertz CT molecular complexity index is 647. The van der Waals surface area contributed by atoms with Crippen molar-refractivity contribution in [2.45, 2.75) is 98.7 Å². The number of nitrogens with two attached hydrogens (primary N) is 2. The molecule has 200 valence electrons. The van der Waals surface area contributed by atoms with E-state index >= 15 is 0 Å². The van der Waals surface area contributed by atoms with E-state index in [4.69, 9.17) is 35.2 Å². The summed E-state index contributed by atoms with van der Waals surface area (Å²) < 4.78 is 27.6. The first-order valence-electron chi connectivity index (χ1n) is 11.1. The Balaban J connectivity index is 1.68. The van der Waals surface area contributed by atoms with Gasteiger partial charge in [0, 0.05) is 0 Å². The van der Waals surface area contributed by atoms with E-state index in [1.54, 1.807) is 6.92 Å². The van der Waals surface area contributed by atoms with E-state index in [0.29, 0.717) is 0 Å². The van der Waals surface area contributed by atoms with E-state index in [1.165, 1.54) is 0 Å². The van der Waals surface area contributed by atoms with Crippen LogP contribution in [0, 0.1) is 0 Å². The van der Waals surface area contributed by atoms with Crippen molar-refractivity contribution in [1.29, 1.82) is 0 Å². The molecule has 3 rings (SSSR count). The summed E-state index contributed by atoms with van der Waals surface area (Å²) in [5, 5.41) is 80.0. The number of hydrogen-bond acceptors (Lipinski definition) is 15. The summed E-state index contributed by atoms with van der Waals surface area (Å²) in [5.41, 5.74) is 11.9. The van der Waals surface area contributed by atoms with Crippen LogP contribution in [0.1, 0.15) is 6.92 Å². The quantitative estimate of drug-likeness (QED) is 0.156. The topological polar surface area (TPSA) is 260 Å². The molecular formula is C19H36N2O13. The third kappa shape index (κ3) is 5.54. The number of ether oxygens (including phenoxy) is 5. The Kier molecular flexibility index (Phi) is 9.57. The van der Waals surface area contributed by atoms with Crippen LogP contribution in [0.15, 0.2) is 0 Å². The van der Waals surface area contributed by atoms with Crippen LogP contribution in [0.4, 0.5) is 0 Å². The molecule has 0 aliphatic carbocycles. The maximum atomic E-state index is 10.6. The molecule has 34 heavy (non-hydrogen) atoms. The maximum absolute atomic E-state index is 10.6. The van der Waals surface area contributed by atoms with Gasteiger partial charge in [0.15, 0.2) is 12.6 Å². The molecule has 0 saturated carbocycles. The SMILES string of the molecule is C[C@H]1OC(CO[C@@H]2OC(CO)[C@@H](O)[C@H](O[C@H]3OC(CO)[C@@H](O)[C@H](O)C3O)C2N)[C@@H](O)[C@H](O)C1N. The van der Waals surface area contributed by atoms with Gasteiger partial charge in [-0.15, -0.1) is 0 Å². The van der Waals surface area contributed by atoms with Crippen LogP contribution in [0.2, 0.25) is 0 Å². The zero-order valence-corrected chi connectivity index (χ0v) is 18.6. The first-order chi connectivity index (χ1) is 16.0. The van der Waals surface area contributed by atoms with Gasteiger partial charge in [-0.3, -0.25) is 0 Å². The molecule has 15 nitrogen and oxygen atoms in total. The molecule has 3 aliphatic heterocycles. The fourth-order valence-electron chi connectivity index (χ4n) is 4.24. The molecule has 15 heteroatoms. The highest BCUT2D eigenvalue weighted by atomic mass is 16.7. The lowest BCUT2D eigenvalue weighted by molar-refractivity contribution is -0.345. The van der Waals surface area contributed by atoms with Gasteiger partial charge in [-0.2, -0.15) is 0 Å². The second-order valence-electron chi connectivity index (χ2n) is 8.86.